The van der Waals surface area contributed by atoms with E-state index >= 15 is 0 Å². The summed E-state index contributed by atoms with van der Waals surface area (Å²) in [6.07, 6.45) is 0.628. The van der Waals surface area contributed by atoms with Gasteiger partial charge >= 0.3 is 0 Å². The van der Waals surface area contributed by atoms with Crippen molar-refractivity contribution in [1.29, 1.82) is 0 Å². The average molecular weight is 292 g/mol. The van der Waals surface area contributed by atoms with Gasteiger partial charge in [0.2, 0.25) is 0 Å². The molecule has 3 nitrogen and oxygen atoms in total. The molecule has 0 atom stereocenters. The summed E-state index contributed by atoms with van der Waals surface area (Å²) in [5.41, 5.74) is 2.81. The van der Waals surface area contributed by atoms with Crippen LogP contribution < -0.4 is 5.43 Å². The molecule has 0 aliphatic heterocycles. The molecule has 0 radical (unpaired) electrons. The lowest BCUT2D eigenvalue weighted by molar-refractivity contribution is 0.479. The number of phenols is 1. The molecule has 0 saturated carbocycles. The molecule has 0 amide bonds. The Labute approximate surface area is 128 Å². The zero-order valence-corrected chi connectivity index (χ0v) is 12.3. The molecule has 0 bridgehead atoms. The van der Waals surface area contributed by atoms with Crippen LogP contribution in [0.25, 0.3) is 22.3 Å². The van der Waals surface area contributed by atoms with Gasteiger partial charge in [0.1, 0.15) is 22.5 Å². The van der Waals surface area contributed by atoms with E-state index in [1.165, 1.54) is 6.07 Å². The van der Waals surface area contributed by atoms with Crippen molar-refractivity contribution >= 4 is 11.0 Å². The fourth-order valence-corrected chi connectivity index (χ4v) is 2.52. The van der Waals surface area contributed by atoms with Gasteiger partial charge in [0.25, 0.3) is 0 Å². The van der Waals surface area contributed by atoms with Crippen molar-refractivity contribution < 1.29 is 9.52 Å². The van der Waals surface area contributed by atoms with Crippen molar-refractivity contribution in [3.05, 3.63) is 76.5 Å². The predicted molar refractivity (Wildman–Crippen MR) is 88.1 cm³/mol. The summed E-state index contributed by atoms with van der Waals surface area (Å²) < 4.78 is 5.84. The zero-order valence-electron chi connectivity index (χ0n) is 12.3. The lowest BCUT2D eigenvalue weighted by atomic mass is 10.0. The normalized spacial score (nSPS) is 10.8. The fraction of sp³-hybridized carbons (Fsp3) is 0.105. The Kier molecular flexibility index (Phi) is 3.55. The molecule has 0 unspecified atom stereocenters. The second-order valence-electron chi connectivity index (χ2n) is 5.46. The summed E-state index contributed by atoms with van der Waals surface area (Å²) in [6, 6.07) is 14.2. The maximum Gasteiger partial charge on any atom is 0.197 e. The molecule has 0 fully saturated rings. The van der Waals surface area contributed by atoms with Crippen LogP contribution in [0, 0.1) is 0 Å². The summed E-state index contributed by atoms with van der Waals surface area (Å²) in [5.74, 6) is 0.437. The van der Waals surface area contributed by atoms with Gasteiger partial charge in [-0.05, 0) is 31.0 Å². The largest absolute Gasteiger partial charge is 0.507 e. The summed E-state index contributed by atoms with van der Waals surface area (Å²) in [4.78, 5) is 12.3. The van der Waals surface area contributed by atoms with Gasteiger partial charge in [0, 0.05) is 11.6 Å². The van der Waals surface area contributed by atoms with Gasteiger partial charge in [-0.3, -0.25) is 4.79 Å². The standard InChI is InChI=1S/C19H16O3/c1-12(2)8-13-9-15(20)19-16(21)11-17(22-18(19)10-13)14-6-4-3-5-7-14/h3-7,9-11,20H,1,8H2,2H3. The summed E-state index contributed by atoms with van der Waals surface area (Å²) >= 11 is 0. The van der Waals surface area contributed by atoms with E-state index in [9.17, 15) is 9.90 Å². The first-order valence-electron chi connectivity index (χ1n) is 7.04. The maximum atomic E-state index is 12.3. The first-order chi connectivity index (χ1) is 10.5. The molecule has 1 aromatic heterocycles. The van der Waals surface area contributed by atoms with Crippen molar-refractivity contribution in [2.75, 3.05) is 0 Å². The SMILES string of the molecule is C=C(C)Cc1cc(O)c2c(=O)cc(-c3ccccc3)oc2c1. The molecule has 0 saturated heterocycles. The molecular formula is C19H16O3. The molecule has 110 valence electrons. The van der Waals surface area contributed by atoms with E-state index in [0.717, 1.165) is 16.7 Å². The molecule has 22 heavy (non-hydrogen) atoms. The smallest absolute Gasteiger partial charge is 0.197 e. The molecular weight excluding hydrogens is 276 g/mol. The van der Waals surface area contributed by atoms with E-state index in [1.54, 1.807) is 12.1 Å². The van der Waals surface area contributed by atoms with Gasteiger partial charge in [-0.15, -0.1) is 0 Å². The van der Waals surface area contributed by atoms with Crippen LogP contribution in [-0.2, 0) is 6.42 Å². The summed E-state index contributed by atoms with van der Waals surface area (Å²) in [6.45, 7) is 5.78. The molecule has 0 aliphatic rings. The minimum absolute atomic E-state index is 0.0536. The highest BCUT2D eigenvalue weighted by Gasteiger charge is 2.12. The molecule has 3 aromatic rings. The van der Waals surface area contributed by atoms with Crippen LogP contribution in [0.4, 0.5) is 0 Å². The van der Waals surface area contributed by atoms with Gasteiger partial charge < -0.3 is 9.52 Å². The molecule has 0 spiro atoms. The monoisotopic (exact) mass is 292 g/mol. The van der Waals surface area contributed by atoms with Crippen LogP contribution >= 0.6 is 0 Å². The highest BCUT2D eigenvalue weighted by Crippen LogP contribution is 2.28. The number of hydrogen-bond donors (Lipinski definition) is 1. The van der Waals surface area contributed by atoms with Gasteiger partial charge in [-0.25, -0.2) is 0 Å². The van der Waals surface area contributed by atoms with E-state index in [2.05, 4.69) is 6.58 Å². The van der Waals surface area contributed by atoms with Gasteiger partial charge in [-0.1, -0.05) is 42.5 Å². The second-order valence-corrected chi connectivity index (χ2v) is 5.46. The lowest BCUT2D eigenvalue weighted by Crippen LogP contribution is -2.01. The van der Waals surface area contributed by atoms with Gasteiger partial charge in [0.15, 0.2) is 5.43 Å². The third kappa shape index (κ3) is 2.66. The second kappa shape index (κ2) is 5.53. The Morgan fingerprint density at radius 2 is 1.91 bits per heavy atom. The lowest BCUT2D eigenvalue weighted by Gasteiger charge is -2.07. The number of aromatic hydroxyl groups is 1. The maximum absolute atomic E-state index is 12.3. The fourth-order valence-electron chi connectivity index (χ4n) is 2.52. The molecule has 2 aromatic carbocycles. The van der Waals surface area contributed by atoms with Crippen molar-refractivity contribution in [2.24, 2.45) is 0 Å². The zero-order chi connectivity index (χ0) is 15.7. The minimum atomic E-state index is -0.250. The number of hydrogen-bond acceptors (Lipinski definition) is 3. The van der Waals surface area contributed by atoms with Crippen LogP contribution in [0.5, 0.6) is 5.75 Å². The molecule has 0 aliphatic carbocycles. The van der Waals surface area contributed by atoms with Crippen LogP contribution in [-0.4, -0.2) is 5.11 Å². The van der Waals surface area contributed by atoms with Crippen LogP contribution in [0.1, 0.15) is 12.5 Å². The molecule has 1 heterocycles. The van der Waals surface area contributed by atoms with Crippen molar-refractivity contribution in [3.8, 4) is 17.1 Å². The van der Waals surface area contributed by atoms with Crippen LogP contribution in [0.15, 0.2) is 69.9 Å². The third-order valence-electron chi connectivity index (χ3n) is 3.43. The van der Waals surface area contributed by atoms with E-state index in [4.69, 9.17) is 4.42 Å². The topological polar surface area (TPSA) is 50.4 Å². The van der Waals surface area contributed by atoms with E-state index < -0.39 is 0 Å². The molecule has 3 rings (SSSR count). The van der Waals surface area contributed by atoms with Crippen molar-refractivity contribution in [1.82, 2.24) is 0 Å². The number of benzene rings is 2. The Bertz CT molecular complexity index is 905. The first-order valence-corrected chi connectivity index (χ1v) is 7.04. The van der Waals surface area contributed by atoms with Gasteiger partial charge in [-0.2, -0.15) is 0 Å². The Morgan fingerprint density at radius 3 is 2.59 bits per heavy atom. The highest BCUT2D eigenvalue weighted by molar-refractivity contribution is 5.85. The predicted octanol–water partition coefficient (Wildman–Crippen LogP) is 4.28. The number of phenolic OH excluding ortho intramolecular Hbond substituents is 1. The Balaban J connectivity index is 2.23. The minimum Gasteiger partial charge on any atom is -0.507 e. The number of fused-ring (bicyclic) bond motifs is 1. The van der Waals surface area contributed by atoms with Gasteiger partial charge in [0.05, 0.1) is 0 Å². The summed E-state index contributed by atoms with van der Waals surface area (Å²) in [7, 11) is 0. The molecule has 3 heteroatoms. The van der Waals surface area contributed by atoms with E-state index in [1.807, 2.05) is 37.3 Å². The number of allylic oxidation sites excluding steroid dienone is 1. The van der Waals surface area contributed by atoms with Crippen LogP contribution in [0.2, 0.25) is 0 Å². The highest BCUT2D eigenvalue weighted by atomic mass is 16.3. The Hall–Kier alpha value is -2.81. The Morgan fingerprint density at radius 1 is 1.18 bits per heavy atom. The number of rotatable bonds is 3. The van der Waals surface area contributed by atoms with Crippen molar-refractivity contribution in [2.45, 2.75) is 13.3 Å². The quantitative estimate of drug-likeness (QED) is 0.733. The van der Waals surface area contributed by atoms with E-state index in [0.29, 0.717) is 17.8 Å². The van der Waals surface area contributed by atoms with E-state index in [-0.39, 0.29) is 16.6 Å². The van der Waals surface area contributed by atoms with Crippen LogP contribution in [0.3, 0.4) is 0 Å². The molecule has 1 N–H and O–H groups in total. The summed E-state index contributed by atoms with van der Waals surface area (Å²) in [5, 5.41) is 10.3. The third-order valence-corrected chi connectivity index (χ3v) is 3.43. The first kappa shape index (κ1) is 14.1. The van der Waals surface area contributed by atoms with Crippen molar-refractivity contribution in [3.63, 3.8) is 0 Å². The average Bonchev–Trinajstić information content (AvgIpc) is 2.46.